The van der Waals surface area contributed by atoms with Crippen LogP contribution in [0.25, 0.3) is 0 Å². The quantitative estimate of drug-likeness (QED) is 0.657. The van der Waals surface area contributed by atoms with Crippen LogP contribution >= 0.6 is 15.9 Å². The fourth-order valence-electron chi connectivity index (χ4n) is 3.25. The first kappa shape index (κ1) is 14.9. The molecule has 2 saturated heterocycles. The summed E-state index contributed by atoms with van der Waals surface area (Å²) in [5.41, 5.74) is 1.62. The van der Waals surface area contributed by atoms with E-state index in [1.54, 1.807) is 0 Å². The van der Waals surface area contributed by atoms with Gasteiger partial charge >= 0.3 is 0 Å². The predicted octanol–water partition coefficient (Wildman–Crippen LogP) is 2.64. The highest BCUT2D eigenvalue weighted by molar-refractivity contribution is 9.10. The number of benzene rings is 1. The highest BCUT2D eigenvalue weighted by Crippen LogP contribution is 2.38. The summed E-state index contributed by atoms with van der Waals surface area (Å²) in [6.45, 7) is 4.75. The third kappa shape index (κ3) is 3.40. The van der Waals surface area contributed by atoms with Gasteiger partial charge in [-0.25, -0.2) is 0 Å². The molecule has 1 spiro atoms. The maximum Gasteiger partial charge on any atom is 0.193 e. The van der Waals surface area contributed by atoms with Crippen molar-refractivity contribution in [2.24, 2.45) is 10.4 Å². The van der Waals surface area contributed by atoms with E-state index in [1.165, 1.54) is 18.4 Å². The molecule has 0 amide bonds. The van der Waals surface area contributed by atoms with Crippen LogP contribution < -0.4 is 5.32 Å². The Morgan fingerprint density at radius 1 is 1.48 bits per heavy atom. The van der Waals surface area contributed by atoms with Gasteiger partial charge in [0.1, 0.15) is 0 Å². The van der Waals surface area contributed by atoms with Crippen molar-refractivity contribution in [2.75, 3.05) is 33.4 Å². The summed E-state index contributed by atoms with van der Waals surface area (Å²) < 4.78 is 6.71. The topological polar surface area (TPSA) is 36.9 Å². The molecule has 2 heterocycles. The molecular formula is C16H22BrN3O. The van der Waals surface area contributed by atoms with Crippen LogP contribution in [0.4, 0.5) is 0 Å². The number of nitrogens with zero attached hydrogens (tertiary/aromatic N) is 2. The lowest BCUT2D eigenvalue weighted by molar-refractivity contribution is 0.156. The first-order valence-electron chi connectivity index (χ1n) is 7.49. The predicted molar refractivity (Wildman–Crippen MR) is 88.4 cm³/mol. The van der Waals surface area contributed by atoms with E-state index < -0.39 is 0 Å². The van der Waals surface area contributed by atoms with E-state index in [0.29, 0.717) is 5.41 Å². The smallest absolute Gasteiger partial charge is 0.193 e. The van der Waals surface area contributed by atoms with Crippen LogP contribution in [0.15, 0.2) is 33.7 Å². The van der Waals surface area contributed by atoms with Crippen LogP contribution in [-0.2, 0) is 11.3 Å². The molecule has 1 atom stereocenters. The summed E-state index contributed by atoms with van der Waals surface area (Å²) in [5, 5.41) is 3.48. The van der Waals surface area contributed by atoms with E-state index in [1.807, 2.05) is 13.1 Å². The van der Waals surface area contributed by atoms with E-state index >= 15 is 0 Å². The van der Waals surface area contributed by atoms with Gasteiger partial charge in [-0.15, -0.1) is 0 Å². The maximum absolute atomic E-state index is 5.59. The van der Waals surface area contributed by atoms with Gasteiger partial charge < -0.3 is 15.0 Å². The molecule has 5 heteroatoms. The van der Waals surface area contributed by atoms with Gasteiger partial charge in [-0.3, -0.25) is 4.99 Å². The van der Waals surface area contributed by atoms with Gasteiger partial charge in [-0.1, -0.05) is 28.1 Å². The number of ether oxygens (including phenoxy) is 1. The number of halogens is 1. The molecule has 1 aromatic carbocycles. The minimum Gasteiger partial charge on any atom is -0.381 e. The molecular weight excluding hydrogens is 330 g/mol. The fourth-order valence-corrected chi connectivity index (χ4v) is 3.69. The van der Waals surface area contributed by atoms with Gasteiger partial charge in [0.15, 0.2) is 5.96 Å². The molecule has 21 heavy (non-hydrogen) atoms. The van der Waals surface area contributed by atoms with Gasteiger partial charge in [0.05, 0.1) is 6.61 Å². The first-order chi connectivity index (χ1) is 10.2. The average molecular weight is 352 g/mol. The Labute approximate surface area is 134 Å². The molecule has 0 aromatic heterocycles. The number of likely N-dealkylation sites (tertiary alicyclic amines) is 1. The van der Waals surface area contributed by atoms with Crippen molar-refractivity contribution in [1.29, 1.82) is 0 Å². The van der Waals surface area contributed by atoms with Gasteiger partial charge in [-0.05, 0) is 30.5 Å². The second-order valence-corrected chi connectivity index (χ2v) is 6.92. The third-order valence-electron chi connectivity index (χ3n) is 4.47. The number of guanidine groups is 1. The van der Waals surface area contributed by atoms with E-state index in [-0.39, 0.29) is 0 Å². The Morgan fingerprint density at radius 2 is 2.38 bits per heavy atom. The van der Waals surface area contributed by atoms with Gasteiger partial charge in [0.25, 0.3) is 0 Å². The van der Waals surface area contributed by atoms with E-state index in [0.717, 1.165) is 43.3 Å². The Balaban J connectivity index is 1.59. The molecule has 1 unspecified atom stereocenters. The largest absolute Gasteiger partial charge is 0.381 e. The highest BCUT2D eigenvalue weighted by Gasteiger charge is 2.42. The van der Waals surface area contributed by atoms with Crippen molar-refractivity contribution in [3.05, 3.63) is 34.3 Å². The summed E-state index contributed by atoms with van der Waals surface area (Å²) in [4.78, 5) is 6.81. The van der Waals surface area contributed by atoms with E-state index in [9.17, 15) is 0 Å². The molecule has 0 saturated carbocycles. The van der Waals surface area contributed by atoms with Crippen LogP contribution in [-0.4, -0.2) is 44.2 Å². The van der Waals surface area contributed by atoms with Gasteiger partial charge in [-0.2, -0.15) is 0 Å². The standard InChI is InChI=1S/C16H22BrN3O/c1-18-15(19-10-13-3-2-4-14(17)9-13)20-7-5-16(11-20)6-8-21-12-16/h2-4,9H,5-8,10-12H2,1H3,(H,18,19). The van der Waals surface area contributed by atoms with Gasteiger partial charge in [0.2, 0.25) is 0 Å². The Kier molecular flexibility index (Phi) is 4.50. The Morgan fingerprint density at radius 3 is 3.10 bits per heavy atom. The van der Waals surface area contributed by atoms with Crippen molar-refractivity contribution >= 4 is 21.9 Å². The van der Waals surface area contributed by atoms with Gasteiger partial charge in [0, 0.05) is 43.2 Å². The third-order valence-corrected chi connectivity index (χ3v) is 4.97. The molecule has 0 aliphatic carbocycles. The zero-order valence-electron chi connectivity index (χ0n) is 12.4. The van der Waals surface area contributed by atoms with E-state index in [4.69, 9.17) is 4.74 Å². The van der Waals surface area contributed by atoms with Crippen LogP contribution in [0.2, 0.25) is 0 Å². The molecule has 2 aliphatic heterocycles. The summed E-state index contributed by atoms with van der Waals surface area (Å²) >= 11 is 3.51. The second-order valence-electron chi connectivity index (χ2n) is 6.00. The molecule has 2 aliphatic rings. The van der Waals surface area contributed by atoms with E-state index in [2.05, 4.69) is 49.3 Å². The average Bonchev–Trinajstić information content (AvgIpc) is 3.11. The summed E-state index contributed by atoms with van der Waals surface area (Å²) in [7, 11) is 1.86. The minimum atomic E-state index is 0.368. The number of rotatable bonds is 2. The zero-order chi connectivity index (χ0) is 14.7. The molecule has 3 rings (SSSR count). The van der Waals surface area contributed by atoms with Crippen LogP contribution in [0, 0.1) is 5.41 Å². The molecule has 114 valence electrons. The first-order valence-corrected chi connectivity index (χ1v) is 8.28. The minimum absolute atomic E-state index is 0.368. The van der Waals surface area contributed by atoms with Crippen molar-refractivity contribution in [1.82, 2.24) is 10.2 Å². The normalized spacial score (nSPS) is 25.8. The zero-order valence-corrected chi connectivity index (χ0v) is 14.0. The Hall–Kier alpha value is -1.07. The molecule has 1 N–H and O–H groups in total. The second kappa shape index (κ2) is 6.36. The lowest BCUT2D eigenvalue weighted by Gasteiger charge is -2.25. The monoisotopic (exact) mass is 351 g/mol. The van der Waals surface area contributed by atoms with Crippen molar-refractivity contribution in [2.45, 2.75) is 19.4 Å². The molecule has 4 nitrogen and oxygen atoms in total. The highest BCUT2D eigenvalue weighted by atomic mass is 79.9. The van der Waals surface area contributed by atoms with Crippen molar-refractivity contribution < 1.29 is 4.74 Å². The van der Waals surface area contributed by atoms with Crippen molar-refractivity contribution in [3.63, 3.8) is 0 Å². The Bertz CT molecular complexity index is 526. The molecule has 0 radical (unpaired) electrons. The lowest BCUT2D eigenvalue weighted by Crippen LogP contribution is -2.41. The van der Waals surface area contributed by atoms with Crippen LogP contribution in [0.5, 0.6) is 0 Å². The number of nitrogens with one attached hydrogen (secondary N) is 1. The number of aliphatic imine (C=N–C) groups is 1. The SMILES string of the molecule is CN=C(NCc1cccc(Br)c1)N1CCC2(CCOC2)C1. The number of hydrogen-bond donors (Lipinski definition) is 1. The van der Waals surface area contributed by atoms with Crippen molar-refractivity contribution in [3.8, 4) is 0 Å². The molecule has 1 aromatic rings. The molecule has 2 fully saturated rings. The summed E-state index contributed by atoms with van der Waals surface area (Å²) in [6.07, 6.45) is 2.40. The molecule has 0 bridgehead atoms. The number of hydrogen-bond acceptors (Lipinski definition) is 2. The lowest BCUT2D eigenvalue weighted by atomic mass is 9.87. The fraction of sp³-hybridized carbons (Fsp3) is 0.562. The van der Waals surface area contributed by atoms with Crippen LogP contribution in [0.1, 0.15) is 18.4 Å². The summed E-state index contributed by atoms with van der Waals surface area (Å²) in [5.74, 6) is 0.999. The van der Waals surface area contributed by atoms with Crippen LogP contribution in [0.3, 0.4) is 0 Å². The maximum atomic E-state index is 5.59. The summed E-state index contributed by atoms with van der Waals surface area (Å²) in [6, 6.07) is 8.37.